The molecule has 2 N–H and O–H groups in total. The molecular formula is C17H24FN3O3. The Balaban J connectivity index is 1.72. The lowest BCUT2D eigenvalue weighted by atomic mass is 10.1. The van der Waals surface area contributed by atoms with Crippen molar-refractivity contribution in [3.63, 3.8) is 0 Å². The van der Waals surface area contributed by atoms with Crippen molar-refractivity contribution in [2.75, 3.05) is 26.2 Å². The zero-order valence-electron chi connectivity index (χ0n) is 13.9. The predicted octanol–water partition coefficient (Wildman–Crippen LogP) is 1.65. The van der Waals surface area contributed by atoms with Gasteiger partial charge in [0.25, 0.3) is 0 Å². The van der Waals surface area contributed by atoms with Crippen molar-refractivity contribution in [1.29, 1.82) is 0 Å². The van der Waals surface area contributed by atoms with E-state index in [2.05, 4.69) is 10.6 Å². The number of rotatable bonds is 6. The van der Waals surface area contributed by atoms with Crippen molar-refractivity contribution in [2.45, 2.75) is 32.4 Å². The fraction of sp³-hybridized carbons (Fsp3) is 0.529. The van der Waals surface area contributed by atoms with E-state index in [9.17, 15) is 14.0 Å². The maximum absolute atomic E-state index is 12.8. The van der Waals surface area contributed by atoms with Crippen molar-refractivity contribution >= 4 is 12.0 Å². The number of alkyl carbamates (subject to hydrolysis) is 1. The fourth-order valence-electron chi connectivity index (χ4n) is 2.72. The Morgan fingerprint density at radius 2 is 2.08 bits per heavy atom. The summed E-state index contributed by atoms with van der Waals surface area (Å²) in [7, 11) is 0. The van der Waals surface area contributed by atoms with Gasteiger partial charge in [0.2, 0.25) is 5.91 Å². The van der Waals surface area contributed by atoms with Crippen LogP contribution in [0.3, 0.4) is 0 Å². The van der Waals surface area contributed by atoms with Crippen LogP contribution in [0, 0.1) is 5.82 Å². The third-order valence-corrected chi connectivity index (χ3v) is 3.87. The Morgan fingerprint density at radius 1 is 1.33 bits per heavy atom. The van der Waals surface area contributed by atoms with Gasteiger partial charge in [0.15, 0.2) is 0 Å². The molecule has 1 fully saturated rings. The molecule has 1 heterocycles. The van der Waals surface area contributed by atoms with E-state index >= 15 is 0 Å². The number of hydrogen-bond donors (Lipinski definition) is 2. The molecule has 1 atom stereocenters. The summed E-state index contributed by atoms with van der Waals surface area (Å²) in [6.07, 6.45) is 1.39. The van der Waals surface area contributed by atoms with Gasteiger partial charge < -0.3 is 15.4 Å². The highest BCUT2D eigenvalue weighted by atomic mass is 19.1. The summed E-state index contributed by atoms with van der Waals surface area (Å²) in [4.78, 5) is 25.5. The van der Waals surface area contributed by atoms with Gasteiger partial charge in [-0.05, 0) is 44.0 Å². The molecule has 132 valence electrons. The van der Waals surface area contributed by atoms with Crippen LogP contribution in [0.5, 0.6) is 0 Å². The summed E-state index contributed by atoms with van der Waals surface area (Å²) in [5.74, 6) is -0.380. The Hall–Kier alpha value is -2.15. The van der Waals surface area contributed by atoms with Crippen LogP contribution < -0.4 is 10.6 Å². The number of nitrogens with one attached hydrogen (secondary N) is 2. The summed E-state index contributed by atoms with van der Waals surface area (Å²) in [6.45, 7) is 4.21. The van der Waals surface area contributed by atoms with Crippen molar-refractivity contribution in [3.05, 3.63) is 35.6 Å². The third-order valence-electron chi connectivity index (χ3n) is 3.87. The van der Waals surface area contributed by atoms with E-state index in [4.69, 9.17) is 4.74 Å². The van der Waals surface area contributed by atoms with E-state index in [-0.39, 0.29) is 24.3 Å². The molecule has 2 amide bonds. The van der Waals surface area contributed by atoms with Crippen molar-refractivity contribution in [1.82, 2.24) is 15.5 Å². The molecule has 1 aromatic rings. The van der Waals surface area contributed by atoms with Crippen LogP contribution in [-0.4, -0.2) is 49.2 Å². The molecule has 0 bridgehead atoms. The Morgan fingerprint density at radius 3 is 2.79 bits per heavy atom. The molecule has 1 aliphatic rings. The number of likely N-dealkylation sites (tertiary alicyclic amines) is 1. The minimum Gasteiger partial charge on any atom is -0.450 e. The van der Waals surface area contributed by atoms with E-state index in [1.807, 2.05) is 4.90 Å². The molecule has 2 rings (SSSR count). The van der Waals surface area contributed by atoms with Gasteiger partial charge in [-0.1, -0.05) is 12.1 Å². The first kappa shape index (κ1) is 18.2. The maximum atomic E-state index is 12.8. The molecule has 6 nitrogen and oxygen atoms in total. The smallest absolute Gasteiger partial charge is 0.407 e. The van der Waals surface area contributed by atoms with Crippen LogP contribution in [0.25, 0.3) is 0 Å². The molecule has 1 unspecified atom stereocenters. The van der Waals surface area contributed by atoms with Gasteiger partial charge in [-0.25, -0.2) is 9.18 Å². The van der Waals surface area contributed by atoms with Gasteiger partial charge in [-0.2, -0.15) is 0 Å². The summed E-state index contributed by atoms with van der Waals surface area (Å²) in [6, 6.07) is 6.05. The Labute approximate surface area is 141 Å². The summed E-state index contributed by atoms with van der Waals surface area (Å²) in [5.41, 5.74) is 0.852. The van der Waals surface area contributed by atoms with Crippen molar-refractivity contribution in [2.24, 2.45) is 0 Å². The average Bonchev–Trinajstić information content (AvgIpc) is 2.55. The molecule has 0 aromatic heterocycles. The molecule has 1 aliphatic heterocycles. The first-order valence-electron chi connectivity index (χ1n) is 8.23. The molecule has 24 heavy (non-hydrogen) atoms. The highest BCUT2D eigenvalue weighted by Gasteiger charge is 2.23. The quantitative estimate of drug-likeness (QED) is 0.828. The van der Waals surface area contributed by atoms with Gasteiger partial charge in [0, 0.05) is 19.1 Å². The number of ether oxygens (including phenoxy) is 1. The summed E-state index contributed by atoms with van der Waals surface area (Å²) in [5, 5.41) is 5.64. The lowest BCUT2D eigenvalue weighted by molar-refractivity contribution is -0.122. The maximum Gasteiger partial charge on any atom is 0.407 e. The second kappa shape index (κ2) is 9.22. The molecule has 0 spiro atoms. The van der Waals surface area contributed by atoms with Crippen LogP contribution in [0.2, 0.25) is 0 Å². The number of piperidine rings is 1. The number of carbonyl (C=O) groups is 2. The zero-order chi connectivity index (χ0) is 17.4. The summed E-state index contributed by atoms with van der Waals surface area (Å²) >= 11 is 0. The predicted molar refractivity (Wildman–Crippen MR) is 87.9 cm³/mol. The fourth-order valence-corrected chi connectivity index (χ4v) is 2.72. The van der Waals surface area contributed by atoms with Crippen molar-refractivity contribution in [3.8, 4) is 0 Å². The monoisotopic (exact) mass is 337 g/mol. The number of hydrogen-bond acceptors (Lipinski definition) is 4. The average molecular weight is 337 g/mol. The third kappa shape index (κ3) is 6.16. The summed E-state index contributed by atoms with van der Waals surface area (Å²) < 4.78 is 17.7. The molecule has 0 saturated carbocycles. The molecule has 1 aromatic carbocycles. The van der Waals surface area contributed by atoms with E-state index in [1.54, 1.807) is 19.1 Å². The number of benzene rings is 1. The molecular weight excluding hydrogens is 313 g/mol. The van der Waals surface area contributed by atoms with Crippen LogP contribution in [0.4, 0.5) is 9.18 Å². The number of halogens is 1. The molecule has 7 heteroatoms. The lowest BCUT2D eigenvalue weighted by Crippen LogP contribution is -2.50. The first-order chi connectivity index (χ1) is 11.6. The Kier molecular flexibility index (Phi) is 6.99. The van der Waals surface area contributed by atoms with Crippen molar-refractivity contribution < 1.29 is 18.7 Å². The van der Waals surface area contributed by atoms with Crippen LogP contribution in [-0.2, 0) is 16.1 Å². The SMILES string of the molecule is CCOC(=O)NC1CCCN(CC(=O)NCc2ccc(F)cc2)C1. The van der Waals surface area contributed by atoms with Gasteiger partial charge >= 0.3 is 6.09 Å². The van der Waals surface area contributed by atoms with Crippen LogP contribution in [0.15, 0.2) is 24.3 Å². The number of carbonyl (C=O) groups excluding carboxylic acids is 2. The van der Waals surface area contributed by atoms with Crippen LogP contribution in [0.1, 0.15) is 25.3 Å². The molecule has 1 saturated heterocycles. The highest BCUT2D eigenvalue weighted by Crippen LogP contribution is 2.10. The van der Waals surface area contributed by atoms with Gasteiger partial charge in [0.05, 0.1) is 13.2 Å². The largest absolute Gasteiger partial charge is 0.450 e. The molecule has 0 radical (unpaired) electrons. The minimum atomic E-state index is -0.412. The second-order valence-electron chi connectivity index (χ2n) is 5.84. The standard InChI is InChI=1S/C17H24FN3O3/c1-2-24-17(23)20-15-4-3-9-21(11-15)12-16(22)19-10-13-5-7-14(18)8-6-13/h5-8,15H,2-4,9-12H2,1H3,(H,19,22)(H,20,23). The van der Waals surface area contributed by atoms with Gasteiger partial charge in [0.1, 0.15) is 5.82 Å². The topological polar surface area (TPSA) is 70.7 Å². The number of nitrogens with zero attached hydrogens (tertiary/aromatic N) is 1. The zero-order valence-corrected chi connectivity index (χ0v) is 13.9. The van der Waals surface area contributed by atoms with E-state index in [0.29, 0.717) is 19.7 Å². The van der Waals surface area contributed by atoms with E-state index < -0.39 is 6.09 Å². The number of amides is 2. The first-order valence-corrected chi connectivity index (χ1v) is 8.23. The lowest BCUT2D eigenvalue weighted by Gasteiger charge is -2.32. The Bertz CT molecular complexity index is 551. The normalized spacial score (nSPS) is 18.0. The highest BCUT2D eigenvalue weighted by molar-refractivity contribution is 5.78. The van der Waals surface area contributed by atoms with Gasteiger partial charge in [-0.15, -0.1) is 0 Å². The second-order valence-corrected chi connectivity index (χ2v) is 5.84. The van der Waals surface area contributed by atoms with E-state index in [1.165, 1.54) is 12.1 Å². The van der Waals surface area contributed by atoms with Gasteiger partial charge in [-0.3, -0.25) is 9.69 Å². The van der Waals surface area contributed by atoms with Crippen LogP contribution >= 0.6 is 0 Å². The molecule has 0 aliphatic carbocycles. The minimum absolute atomic E-state index is 0.00250. The van der Waals surface area contributed by atoms with E-state index in [0.717, 1.165) is 24.9 Å².